The Bertz CT molecular complexity index is 5340. The molecule has 0 unspecified atom stereocenters. The van der Waals surface area contributed by atoms with Crippen molar-refractivity contribution in [1.82, 2.24) is 69.8 Å². The number of pyridine rings is 12. The molecule has 0 aliphatic rings. The molecule has 0 aliphatic carbocycles. The minimum Gasteiger partial charge on any atom is -0.477 e. The van der Waals surface area contributed by atoms with Gasteiger partial charge >= 0.3 is 5.97 Å². The predicted molar refractivity (Wildman–Crippen MR) is 406 cm³/mol. The molecule has 3 aromatic carbocycles. The van der Waals surface area contributed by atoms with Crippen molar-refractivity contribution in [1.29, 1.82) is 0 Å². The molecule has 0 amide bonds. The average Bonchev–Trinajstić information content (AvgIpc) is 1.43. The Morgan fingerprint density at radius 3 is 1.28 bits per heavy atom. The number of halogens is 9. The van der Waals surface area contributed by atoms with Gasteiger partial charge in [0.25, 0.3) is 0 Å². The summed E-state index contributed by atoms with van der Waals surface area (Å²) in [5.41, 5.74) is 10.5. The van der Waals surface area contributed by atoms with E-state index in [-0.39, 0.29) is 200 Å². The Kier molecular flexibility index (Phi) is 54.6. The van der Waals surface area contributed by atoms with E-state index in [1.54, 1.807) is 105 Å². The Morgan fingerprint density at radius 2 is 0.843 bits per heavy atom. The molecule has 0 bridgehead atoms. The maximum Gasteiger partial charge on any atom is 0.354 e. The van der Waals surface area contributed by atoms with Crippen molar-refractivity contribution >= 4 is 5.97 Å². The van der Waals surface area contributed by atoms with E-state index in [1.165, 1.54) is 49.1 Å². The first-order valence-electron chi connectivity index (χ1n) is 33.3. The van der Waals surface area contributed by atoms with Crippen molar-refractivity contribution in [2.24, 2.45) is 0 Å². The number of nitrogens with one attached hydrogen (secondary N) is 2. The number of benzene rings is 3. The summed E-state index contributed by atoms with van der Waals surface area (Å²) in [6.07, 6.45) is 30.9. The molecule has 0 fully saturated rings. The summed E-state index contributed by atoms with van der Waals surface area (Å²) in [4.78, 5) is 63.7. The number of nitrogens with zero attached hydrogens (tertiary/aromatic N) is 12. The number of aryl methyl sites for hydroxylation is 1. The zero-order chi connectivity index (χ0) is 79.8. The standard InChI is InChI=1S/C12H8F2N.2C11H5F3N.C10H6FN2.2C10H7N2.2C9H7N2.C6H5NO2.8Ir/c1-8-4-5-15-12(6-8)10-3-2-9(13)7-11(10)14;12-7-1-2-9(10(14)5-7)11-6-8(13)3-4-15-11;12-8-6-10(14)9(13)5-7(8)11-3-1-2-4-15-11;11-9-3-5-13-10(6-9)8-2-1-4-12-7-8;1-3-7-11-9(5-1)10-6-2-4-8-12-10;1-2-6-12-10(3-1)9-4-7-11-8-5-9;2*1-2-5-11-9(3-1)8-4-6-10-7-8;8-6(9)5-3-1-2-4-7-5;;;;;;;;/h2,4-7H,1H3;1,3-6H;1-4,6H;1,3-7H;1-5,7-8H;1-4,6-8H;1-3,5-7,10H;1-6,10H;1-4H,(H,8,9);;;;;;;;/q8*-1;;;;;;;;;. The Hall–Kier alpha value is -9.95. The number of aromatic amines is 2. The molecule has 14 heterocycles. The van der Waals surface area contributed by atoms with Crippen molar-refractivity contribution < 1.29 is 210 Å². The summed E-state index contributed by atoms with van der Waals surface area (Å²) in [6.45, 7) is 1.88. The number of aromatic nitrogens is 14. The number of carboxylic acid groups (broad SMARTS) is 1. The molecule has 0 atom stereocenters. The molecular formula is C88H57F9Ir8N14O2-8. The van der Waals surface area contributed by atoms with E-state index in [0.717, 1.165) is 81.1 Å². The van der Waals surface area contributed by atoms with Gasteiger partial charge in [-0.3, -0.25) is 36.3 Å². The number of aromatic carboxylic acids is 1. The molecule has 0 aliphatic heterocycles. The van der Waals surface area contributed by atoms with Gasteiger partial charge < -0.3 is 59.9 Å². The van der Waals surface area contributed by atoms with Gasteiger partial charge in [-0.1, -0.05) is 144 Å². The monoisotopic (exact) mass is 3060 g/mol. The van der Waals surface area contributed by atoms with Crippen LogP contribution in [0.2, 0.25) is 0 Å². The van der Waals surface area contributed by atoms with E-state index >= 15 is 0 Å². The van der Waals surface area contributed by atoms with Crippen LogP contribution in [-0.2, 0) is 161 Å². The van der Waals surface area contributed by atoms with Gasteiger partial charge in [-0.05, 0) is 150 Å². The molecule has 0 saturated carbocycles. The number of carbonyl (C=O) groups is 1. The molecule has 121 heavy (non-hydrogen) atoms. The number of H-pyrrole nitrogens is 2. The molecule has 17 aromatic rings. The van der Waals surface area contributed by atoms with Crippen molar-refractivity contribution in [3.63, 3.8) is 0 Å². The van der Waals surface area contributed by atoms with Gasteiger partial charge in [0.05, 0.1) is 11.6 Å². The Labute approximate surface area is 798 Å². The van der Waals surface area contributed by atoms with Gasteiger partial charge in [0.2, 0.25) is 0 Å². The Balaban J connectivity index is 0.000000677. The van der Waals surface area contributed by atoms with E-state index in [4.69, 9.17) is 5.11 Å². The van der Waals surface area contributed by atoms with Crippen LogP contribution in [0.4, 0.5) is 39.5 Å². The van der Waals surface area contributed by atoms with Crippen molar-refractivity contribution in [2.45, 2.75) is 6.92 Å². The van der Waals surface area contributed by atoms with Crippen LogP contribution in [0.3, 0.4) is 0 Å². The van der Waals surface area contributed by atoms with E-state index in [2.05, 4.69) is 112 Å². The van der Waals surface area contributed by atoms with Crippen LogP contribution < -0.4 is 0 Å². The van der Waals surface area contributed by atoms with Crippen LogP contribution in [0.5, 0.6) is 0 Å². The Morgan fingerprint density at radius 1 is 0.355 bits per heavy atom. The molecule has 634 valence electrons. The van der Waals surface area contributed by atoms with Gasteiger partial charge in [0.1, 0.15) is 17.3 Å². The summed E-state index contributed by atoms with van der Waals surface area (Å²) in [7, 11) is 0. The van der Waals surface area contributed by atoms with Gasteiger partial charge in [-0.25, -0.2) is 22.9 Å². The first-order valence-corrected chi connectivity index (χ1v) is 33.3. The van der Waals surface area contributed by atoms with Crippen LogP contribution in [0.15, 0.2) is 312 Å². The first-order chi connectivity index (χ1) is 55.0. The van der Waals surface area contributed by atoms with Crippen LogP contribution >= 0.6 is 0 Å². The zero-order valence-corrected chi connectivity index (χ0v) is 80.9. The van der Waals surface area contributed by atoms with Gasteiger partial charge in [0, 0.05) is 246 Å². The molecular weight excluding hydrogens is 2990 g/mol. The second kappa shape index (κ2) is 60.5. The third-order valence-electron chi connectivity index (χ3n) is 14.2. The molecule has 0 spiro atoms. The summed E-state index contributed by atoms with van der Waals surface area (Å²) in [6, 6.07) is 73.2. The second-order valence-electron chi connectivity index (χ2n) is 22.2. The van der Waals surface area contributed by atoms with Crippen LogP contribution in [0.25, 0.3) is 90.2 Å². The average molecular weight is 3050 g/mol. The molecule has 8 radical (unpaired) electrons. The quantitative estimate of drug-likeness (QED) is 0.0695. The summed E-state index contributed by atoms with van der Waals surface area (Å²) in [5, 5.41) is 8.32. The molecule has 14 aromatic heterocycles. The molecule has 16 nitrogen and oxygen atoms in total. The summed E-state index contributed by atoms with van der Waals surface area (Å²) in [5.74, 6) is -8.00. The van der Waals surface area contributed by atoms with Gasteiger partial charge in [-0.2, -0.15) is 41.5 Å². The molecule has 3 N–H and O–H groups in total. The smallest absolute Gasteiger partial charge is 0.354 e. The topological polar surface area (TPSA) is 224 Å². The minimum atomic E-state index is -1.26. The van der Waals surface area contributed by atoms with E-state index in [9.17, 15) is 44.3 Å². The largest absolute Gasteiger partial charge is 0.477 e. The zero-order valence-electron chi connectivity index (χ0n) is 61.7. The van der Waals surface area contributed by atoms with Crippen molar-refractivity contribution in [3.8, 4) is 90.2 Å². The van der Waals surface area contributed by atoms with Gasteiger partial charge in [-0.15, -0.1) is 72.1 Å². The SMILES string of the molecule is Cc1ccnc(-c2[c-]cc(F)cc2F)c1.Fc1[c-]c(-c2ccccn2)c(F)cc1F.Fc1ccnc(-c2[c-]cc(F)cc2F)c1.Fc1ccnc(-c2[c-]ccnc2)c1.O=C(O)c1ccccn1.[Ir].[Ir].[Ir].[Ir].[Ir].[Ir].[Ir].[Ir].[c-]1[nH]ccc1-c1ccccn1.[c-]1c[nH]cc1-c1ccccn1.[c-]1cccnc1-c1ccccn1.[c-]1cnccc1-c1ccccn1. The summed E-state index contributed by atoms with van der Waals surface area (Å²) < 4.78 is 116. The van der Waals surface area contributed by atoms with E-state index in [0.29, 0.717) is 29.1 Å². The fourth-order valence-corrected chi connectivity index (χ4v) is 9.05. The number of hydrogen-bond acceptors (Lipinski definition) is 13. The van der Waals surface area contributed by atoms with E-state index in [1.807, 2.05) is 129 Å². The fourth-order valence-electron chi connectivity index (χ4n) is 9.05. The first kappa shape index (κ1) is 109. The number of rotatable bonds is 9. The number of carboxylic acids is 1. The second-order valence-corrected chi connectivity index (χ2v) is 22.2. The maximum absolute atomic E-state index is 13.4. The van der Waals surface area contributed by atoms with E-state index < -0.39 is 52.5 Å². The van der Waals surface area contributed by atoms with Crippen molar-refractivity contribution in [2.75, 3.05) is 0 Å². The maximum atomic E-state index is 13.4. The third kappa shape index (κ3) is 37.9. The minimum absolute atomic E-state index is 0. The van der Waals surface area contributed by atoms with Crippen LogP contribution in [-0.4, -0.2) is 80.9 Å². The van der Waals surface area contributed by atoms with Crippen LogP contribution in [0.1, 0.15) is 16.1 Å². The van der Waals surface area contributed by atoms with Crippen molar-refractivity contribution in [3.05, 3.63) is 424 Å². The predicted octanol–water partition coefficient (Wildman–Crippen LogP) is 19.6. The molecule has 33 heteroatoms. The molecule has 17 rings (SSSR count). The molecule has 0 saturated heterocycles. The third-order valence-corrected chi connectivity index (χ3v) is 14.2. The number of hydrogen-bond donors (Lipinski definition) is 3. The summed E-state index contributed by atoms with van der Waals surface area (Å²) >= 11 is 0. The van der Waals surface area contributed by atoms with Crippen LogP contribution in [0, 0.1) is 108 Å². The normalized spacial score (nSPS) is 9.27. The van der Waals surface area contributed by atoms with Gasteiger partial charge in [0.15, 0.2) is 0 Å². The fraction of sp³-hybridized carbons (Fsp3) is 0.0114.